The van der Waals surface area contributed by atoms with Gasteiger partial charge in [0.15, 0.2) is 11.6 Å². The molecule has 0 atom stereocenters. The quantitative estimate of drug-likeness (QED) is 0.325. The summed E-state index contributed by atoms with van der Waals surface area (Å²) in [5, 5.41) is 2.94. The number of ether oxygens (including phenoxy) is 2. The molecule has 0 aliphatic carbocycles. The molecule has 0 aliphatic heterocycles. The van der Waals surface area contributed by atoms with Gasteiger partial charge in [-0.15, -0.1) is 0 Å². The van der Waals surface area contributed by atoms with Crippen LogP contribution in [0.15, 0.2) is 76.0 Å². The van der Waals surface area contributed by atoms with Crippen LogP contribution < -0.4 is 14.8 Å². The molecule has 0 bridgehead atoms. The molecule has 1 heterocycles. The highest BCUT2D eigenvalue weighted by Gasteiger charge is 2.26. The number of furan rings is 1. The third-order valence-corrected chi connectivity index (χ3v) is 6.47. The number of carbonyl (C=O) groups excluding carboxylic acids is 2. The number of rotatable bonds is 8. The Morgan fingerprint density at radius 1 is 1.03 bits per heavy atom. The standard InChI is InChI=1S/C25H21FN2O7S/c1-3-34-25(30)15-8-10-16(11-9-15)27-24(29)23-22(18-6-4-5-7-20(18)35-23)28-36(31,32)17-12-13-21(33-2)19(26)14-17/h4-14,28H,3H2,1-2H3,(H,27,29). The van der Waals surface area contributed by atoms with Crippen molar-refractivity contribution in [1.82, 2.24) is 0 Å². The predicted molar refractivity (Wildman–Crippen MR) is 130 cm³/mol. The summed E-state index contributed by atoms with van der Waals surface area (Å²) in [7, 11) is -3.05. The van der Waals surface area contributed by atoms with Gasteiger partial charge in [0.1, 0.15) is 11.3 Å². The van der Waals surface area contributed by atoms with E-state index in [0.717, 1.165) is 6.07 Å². The van der Waals surface area contributed by atoms with Gasteiger partial charge in [0.2, 0.25) is 5.76 Å². The number of halogens is 1. The Hall–Kier alpha value is -4.38. The minimum absolute atomic E-state index is 0.109. The Kier molecular flexibility index (Phi) is 6.93. The van der Waals surface area contributed by atoms with Gasteiger partial charge in [-0.3, -0.25) is 9.52 Å². The summed E-state index contributed by atoms with van der Waals surface area (Å²) in [6.45, 7) is 1.92. The SMILES string of the molecule is CCOC(=O)c1ccc(NC(=O)c2oc3ccccc3c2NS(=O)(=O)c2ccc(OC)c(F)c2)cc1. The maximum atomic E-state index is 14.2. The van der Waals surface area contributed by atoms with E-state index in [1.807, 2.05) is 0 Å². The molecule has 186 valence electrons. The minimum Gasteiger partial charge on any atom is -0.494 e. The molecule has 36 heavy (non-hydrogen) atoms. The van der Waals surface area contributed by atoms with Gasteiger partial charge in [-0.05, 0) is 61.5 Å². The Bertz CT molecular complexity index is 1550. The largest absolute Gasteiger partial charge is 0.494 e. The van der Waals surface area contributed by atoms with Gasteiger partial charge in [0.05, 0.1) is 24.2 Å². The Labute approximate surface area is 205 Å². The van der Waals surface area contributed by atoms with E-state index >= 15 is 0 Å². The van der Waals surface area contributed by atoms with E-state index in [0.29, 0.717) is 16.6 Å². The number of carbonyl (C=O) groups is 2. The number of anilines is 2. The summed E-state index contributed by atoms with van der Waals surface area (Å²) in [6, 6.07) is 15.6. The van der Waals surface area contributed by atoms with Gasteiger partial charge in [0.25, 0.3) is 15.9 Å². The first-order valence-corrected chi connectivity index (χ1v) is 12.2. The van der Waals surface area contributed by atoms with E-state index in [-0.39, 0.29) is 34.3 Å². The molecule has 3 aromatic carbocycles. The van der Waals surface area contributed by atoms with Gasteiger partial charge in [0, 0.05) is 11.1 Å². The van der Waals surface area contributed by atoms with Crippen molar-refractivity contribution < 1.29 is 36.3 Å². The number of nitrogens with one attached hydrogen (secondary N) is 2. The van der Waals surface area contributed by atoms with Crippen LogP contribution in [0.1, 0.15) is 27.8 Å². The third-order valence-electron chi connectivity index (χ3n) is 5.13. The van der Waals surface area contributed by atoms with Gasteiger partial charge in [-0.1, -0.05) is 12.1 Å². The molecule has 0 aliphatic rings. The van der Waals surface area contributed by atoms with Crippen LogP contribution in [0, 0.1) is 5.82 Å². The number of para-hydroxylation sites is 1. The summed E-state index contributed by atoms with van der Waals surface area (Å²) >= 11 is 0. The predicted octanol–water partition coefficient (Wildman–Crippen LogP) is 4.81. The average molecular weight is 513 g/mol. The number of sulfonamides is 1. The molecule has 1 aromatic heterocycles. The molecule has 9 nitrogen and oxygen atoms in total. The fraction of sp³-hybridized carbons (Fsp3) is 0.120. The second kappa shape index (κ2) is 10.1. The van der Waals surface area contributed by atoms with E-state index in [1.54, 1.807) is 31.2 Å². The molecule has 0 radical (unpaired) electrons. The zero-order chi connectivity index (χ0) is 25.9. The lowest BCUT2D eigenvalue weighted by atomic mass is 10.2. The lowest BCUT2D eigenvalue weighted by molar-refractivity contribution is 0.0526. The highest BCUT2D eigenvalue weighted by Crippen LogP contribution is 2.33. The van der Waals surface area contributed by atoms with Crippen molar-refractivity contribution in [2.24, 2.45) is 0 Å². The topological polar surface area (TPSA) is 124 Å². The molecule has 0 saturated carbocycles. The summed E-state index contributed by atoms with van der Waals surface area (Å²) < 4.78 is 58.0. The molecule has 2 N–H and O–H groups in total. The molecule has 0 fully saturated rings. The fourth-order valence-corrected chi connectivity index (χ4v) is 4.50. The van der Waals surface area contributed by atoms with Crippen LogP contribution in [-0.2, 0) is 14.8 Å². The summed E-state index contributed by atoms with van der Waals surface area (Å²) in [4.78, 5) is 24.5. The first kappa shape index (κ1) is 24.7. The average Bonchev–Trinajstić information content (AvgIpc) is 3.22. The van der Waals surface area contributed by atoms with Crippen molar-refractivity contribution in [3.05, 3.63) is 83.9 Å². The molecule has 0 saturated heterocycles. The van der Waals surface area contributed by atoms with Crippen molar-refractivity contribution in [2.45, 2.75) is 11.8 Å². The van der Waals surface area contributed by atoms with Crippen LogP contribution in [0.5, 0.6) is 5.75 Å². The van der Waals surface area contributed by atoms with E-state index in [9.17, 15) is 22.4 Å². The monoisotopic (exact) mass is 512 g/mol. The molecule has 1 amide bonds. The number of hydrogen-bond donors (Lipinski definition) is 2. The number of fused-ring (bicyclic) bond motifs is 1. The lowest BCUT2D eigenvalue weighted by Crippen LogP contribution is -2.18. The van der Waals surface area contributed by atoms with Crippen LogP contribution in [-0.4, -0.2) is 34.0 Å². The van der Waals surface area contributed by atoms with Crippen LogP contribution in [0.3, 0.4) is 0 Å². The molecule has 0 spiro atoms. The second-order valence-corrected chi connectivity index (χ2v) is 9.14. The third kappa shape index (κ3) is 5.01. The number of benzene rings is 3. The first-order valence-electron chi connectivity index (χ1n) is 10.7. The molecule has 4 rings (SSSR count). The van der Waals surface area contributed by atoms with E-state index in [4.69, 9.17) is 13.9 Å². The van der Waals surface area contributed by atoms with Crippen LogP contribution >= 0.6 is 0 Å². The zero-order valence-corrected chi connectivity index (χ0v) is 20.0. The normalized spacial score (nSPS) is 11.2. The van der Waals surface area contributed by atoms with Gasteiger partial charge in [-0.2, -0.15) is 0 Å². The van der Waals surface area contributed by atoms with Crippen molar-refractivity contribution >= 4 is 44.2 Å². The summed E-state index contributed by atoms with van der Waals surface area (Å²) in [5.41, 5.74) is 0.791. The van der Waals surface area contributed by atoms with Crippen molar-refractivity contribution in [1.29, 1.82) is 0 Å². The summed E-state index contributed by atoms with van der Waals surface area (Å²) in [5.74, 6) is -2.52. The smallest absolute Gasteiger partial charge is 0.338 e. The molecule has 11 heteroatoms. The Morgan fingerprint density at radius 3 is 2.42 bits per heavy atom. The number of amides is 1. The van der Waals surface area contributed by atoms with Crippen molar-refractivity contribution in [2.75, 3.05) is 23.8 Å². The molecule has 0 unspecified atom stereocenters. The highest BCUT2D eigenvalue weighted by atomic mass is 32.2. The first-order chi connectivity index (χ1) is 17.2. The van der Waals surface area contributed by atoms with Gasteiger partial charge in [-0.25, -0.2) is 17.6 Å². The maximum absolute atomic E-state index is 14.2. The van der Waals surface area contributed by atoms with E-state index in [2.05, 4.69) is 10.0 Å². The fourth-order valence-electron chi connectivity index (χ4n) is 3.41. The minimum atomic E-state index is -4.31. The zero-order valence-electron chi connectivity index (χ0n) is 19.2. The number of esters is 1. The highest BCUT2D eigenvalue weighted by molar-refractivity contribution is 7.92. The number of methoxy groups -OCH3 is 1. The van der Waals surface area contributed by atoms with E-state index < -0.39 is 27.7 Å². The summed E-state index contributed by atoms with van der Waals surface area (Å²) in [6.07, 6.45) is 0. The van der Waals surface area contributed by atoms with Gasteiger partial charge >= 0.3 is 5.97 Å². The van der Waals surface area contributed by atoms with Crippen molar-refractivity contribution in [3.63, 3.8) is 0 Å². The van der Waals surface area contributed by atoms with Crippen LogP contribution in [0.25, 0.3) is 11.0 Å². The number of hydrogen-bond acceptors (Lipinski definition) is 7. The molecular formula is C25H21FN2O7S. The molecular weight excluding hydrogens is 491 g/mol. The van der Waals surface area contributed by atoms with Gasteiger partial charge < -0.3 is 19.2 Å². The van der Waals surface area contributed by atoms with Crippen molar-refractivity contribution in [3.8, 4) is 5.75 Å². The van der Waals surface area contributed by atoms with Crippen LogP contribution in [0.2, 0.25) is 0 Å². The Morgan fingerprint density at radius 2 is 1.75 bits per heavy atom. The molecule has 4 aromatic rings. The van der Waals surface area contributed by atoms with Crippen LogP contribution in [0.4, 0.5) is 15.8 Å². The Balaban J connectivity index is 1.66. The second-order valence-electron chi connectivity index (χ2n) is 7.46. The lowest BCUT2D eigenvalue weighted by Gasteiger charge is -2.10. The van der Waals surface area contributed by atoms with E-state index in [1.165, 1.54) is 43.5 Å². The maximum Gasteiger partial charge on any atom is 0.338 e.